The lowest BCUT2D eigenvalue weighted by Crippen LogP contribution is -2.17. The number of carbonyl (C=O) groups excluding carboxylic acids is 1. The first-order valence-corrected chi connectivity index (χ1v) is 13.0. The standard InChI is InChI=1S/C27H29N3O7S/c1-7-37-26(31)25-19(15-38(32)27-28-10-11-30(27)2)29-18-14-23(36-6)22(35-5)13-17(18)24(25)16-8-9-20(33-3)21(12-16)34-4/h8-14H,7,15H2,1-6H3. The van der Waals surface area contributed by atoms with E-state index in [9.17, 15) is 9.35 Å². The molecule has 0 aliphatic heterocycles. The van der Waals surface area contributed by atoms with Crippen LogP contribution < -0.4 is 18.9 Å². The Labute approximate surface area is 223 Å². The summed E-state index contributed by atoms with van der Waals surface area (Å²) >= 11 is -1.60. The summed E-state index contributed by atoms with van der Waals surface area (Å²) in [5.41, 5.74) is 2.19. The Morgan fingerprint density at radius 3 is 2.24 bits per heavy atom. The highest BCUT2D eigenvalue weighted by molar-refractivity contribution is 7.90. The van der Waals surface area contributed by atoms with Gasteiger partial charge in [-0.05, 0) is 30.7 Å². The number of imidazole rings is 1. The highest BCUT2D eigenvalue weighted by Crippen LogP contribution is 2.42. The van der Waals surface area contributed by atoms with Crippen molar-refractivity contribution < 1.29 is 33.0 Å². The highest BCUT2D eigenvalue weighted by Gasteiger charge is 2.29. The number of hydrogen-bond donors (Lipinski definition) is 0. The molecule has 0 N–H and O–H groups in total. The van der Waals surface area contributed by atoms with Crippen LogP contribution in [0.3, 0.4) is 0 Å². The second kappa shape index (κ2) is 11.6. The van der Waals surface area contributed by atoms with Gasteiger partial charge in [-0.1, -0.05) is 6.07 Å². The molecule has 0 saturated carbocycles. The number of nitrogens with zero attached hydrogens (tertiary/aromatic N) is 3. The third-order valence-corrected chi connectivity index (χ3v) is 7.30. The summed E-state index contributed by atoms with van der Waals surface area (Å²) in [4.78, 5) is 22.5. The molecular formula is C27H29N3O7S. The summed E-state index contributed by atoms with van der Waals surface area (Å²) in [6, 6.07) is 8.82. The van der Waals surface area contributed by atoms with Crippen molar-refractivity contribution >= 4 is 28.0 Å². The maximum atomic E-state index is 13.5. The number of pyridine rings is 1. The number of hydrogen-bond acceptors (Lipinski definition) is 9. The summed E-state index contributed by atoms with van der Waals surface area (Å²) in [6.07, 6.45) is 3.28. The van der Waals surface area contributed by atoms with Crippen LogP contribution in [0.5, 0.6) is 23.0 Å². The van der Waals surface area contributed by atoms with Crippen LogP contribution in [-0.2, 0) is 28.7 Å². The van der Waals surface area contributed by atoms with E-state index in [1.54, 1.807) is 62.3 Å². The van der Waals surface area contributed by atoms with E-state index < -0.39 is 17.1 Å². The Bertz CT molecular complexity index is 1470. The van der Waals surface area contributed by atoms with Crippen molar-refractivity contribution in [3.63, 3.8) is 0 Å². The molecule has 0 bridgehead atoms. The fraction of sp³-hybridized carbons (Fsp3) is 0.296. The van der Waals surface area contributed by atoms with Gasteiger partial charge in [0.15, 0.2) is 28.8 Å². The van der Waals surface area contributed by atoms with Gasteiger partial charge < -0.3 is 28.2 Å². The molecule has 10 nitrogen and oxygen atoms in total. The zero-order chi connectivity index (χ0) is 27.4. The maximum Gasteiger partial charge on any atom is 0.340 e. The fourth-order valence-corrected chi connectivity index (χ4v) is 5.37. The topological polar surface area (TPSA) is 117 Å². The van der Waals surface area contributed by atoms with E-state index in [0.717, 1.165) is 0 Å². The lowest BCUT2D eigenvalue weighted by Gasteiger charge is -2.19. The zero-order valence-electron chi connectivity index (χ0n) is 22.1. The van der Waals surface area contributed by atoms with Gasteiger partial charge in [0, 0.05) is 41.4 Å². The van der Waals surface area contributed by atoms with Crippen molar-refractivity contribution in [1.82, 2.24) is 14.5 Å². The number of rotatable bonds is 10. The SMILES string of the molecule is CCOC(=O)c1c(C[S+]([O-])c2nccn2C)nc2cc(OC)c(OC)cc2c1-c1ccc(OC)c(OC)c1. The molecule has 1 atom stereocenters. The minimum atomic E-state index is -1.60. The number of benzene rings is 2. The second-order valence-electron chi connectivity index (χ2n) is 8.13. The molecule has 2 heterocycles. The number of carbonyl (C=O) groups is 1. The van der Waals surface area contributed by atoms with Gasteiger partial charge in [0.05, 0.1) is 52.3 Å². The first-order chi connectivity index (χ1) is 18.4. The van der Waals surface area contributed by atoms with E-state index in [0.29, 0.717) is 55.9 Å². The van der Waals surface area contributed by atoms with Gasteiger partial charge >= 0.3 is 11.1 Å². The van der Waals surface area contributed by atoms with E-state index >= 15 is 0 Å². The lowest BCUT2D eigenvalue weighted by atomic mass is 9.93. The first-order valence-electron chi connectivity index (χ1n) is 11.7. The van der Waals surface area contributed by atoms with Crippen LogP contribution in [0.1, 0.15) is 23.0 Å². The molecule has 0 aliphatic carbocycles. The number of fused-ring (bicyclic) bond motifs is 1. The molecular weight excluding hydrogens is 510 g/mol. The van der Waals surface area contributed by atoms with E-state index in [-0.39, 0.29) is 17.9 Å². The molecule has 0 saturated heterocycles. The molecule has 0 amide bonds. The number of aryl methyl sites for hydroxylation is 1. The van der Waals surface area contributed by atoms with Crippen molar-refractivity contribution in [2.45, 2.75) is 17.8 Å². The molecule has 11 heteroatoms. The van der Waals surface area contributed by atoms with E-state index in [4.69, 9.17) is 28.7 Å². The summed E-state index contributed by atoms with van der Waals surface area (Å²) in [5, 5.41) is 0.978. The summed E-state index contributed by atoms with van der Waals surface area (Å²) in [6.45, 7) is 1.87. The van der Waals surface area contributed by atoms with Crippen molar-refractivity contribution in [3.8, 4) is 34.1 Å². The average molecular weight is 540 g/mol. The molecule has 1 unspecified atom stereocenters. The Morgan fingerprint density at radius 2 is 1.63 bits per heavy atom. The van der Waals surface area contributed by atoms with Gasteiger partial charge in [-0.25, -0.2) is 9.78 Å². The van der Waals surface area contributed by atoms with Crippen molar-refractivity contribution in [3.05, 3.63) is 54.0 Å². The number of esters is 1. The van der Waals surface area contributed by atoms with Crippen molar-refractivity contribution in [2.75, 3.05) is 35.0 Å². The van der Waals surface area contributed by atoms with Gasteiger partial charge in [-0.2, -0.15) is 4.98 Å². The first kappa shape index (κ1) is 27.1. The molecule has 0 aliphatic rings. The largest absolute Gasteiger partial charge is 0.609 e. The summed E-state index contributed by atoms with van der Waals surface area (Å²) in [7, 11) is 7.90. The van der Waals surface area contributed by atoms with Crippen LogP contribution in [-0.4, -0.2) is 60.1 Å². The summed E-state index contributed by atoms with van der Waals surface area (Å²) in [5.74, 6) is 1.27. The van der Waals surface area contributed by atoms with Crippen LogP contribution in [0.15, 0.2) is 47.9 Å². The zero-order valence-corrected chi connectivity index (χ0v) is 22.9. The normalized spacial score (nSPS) is 11.8. The third-order valence-electron chi connectivity index (χ3n) is 5.97. The number of ether oxygens (including phenoxy) is 5. The van der Waals surface area contributed by atoms with Crippen LogP contribution in [0.4, 0.5) is 0 Å². The number of methoxy groups -OCH3 is 4. The van der Waals surface area contributed by atoms with E-state index in [2.05, 4.69) is 4.98 Å². The fourth-order valence-electron chi connectivity index (χ4n) is 4.22. The molecule has 4 rings (SSSR count). The summed E-state index contributed by atoms with van der Waals surface area (Å²) < 4.78 is 42.5. The van der Waals surface area contributed by atoms with Gasteiger partial charge in [-0.15, -0.1) is 0 Å². The minimum absolute atomic E-state index is 0.0659. The predicted octanol–water partition coefficient (Wildman–Crippen LogP) is 4.15. The molecule has 2 aromatic carbocycles. The van der Waals surface area contributed by atoms with Crippen LogP contribution in [0.25, 0.3) is 22.0 Å². The van der Waals surface area contributed by atoms with E-state index in [1.807, 2.05) is 6.07 Å². The smallest absolute Gasteiger partial charge is 0.340 e. The third kappa shape index (κ3) is 5.07. The van der Waals surface area contributed by atoms with Gasteiger partial charge in [0.25, 0.3) is 0 Å². The quantitative estimate of drug-likeness (QED) is 0.216. The Kier molecular flexibility index (Phi) is 8.28. The second-order valence-corrected chi connectivity index (χ2v) is 9.48. The number of aromatic nitrogens is 3. The lowest BCUT2D eigenvalue weighted by molar-refractivity contribution is 0.0526. The van der Waals surface area contributed by atoms with Crippen molar-refractivity contribution in [1.29, 1.82) is 0 Å². The molecule has 38 heavy (non-hydrogen) atoms. The van der Waals surface area contributed by atoms with E-state index in [1.165, 1.54) is 21.3 Å². The molecule has 4 aromatic rings. The van der Waals surface area contributed by atoms with Gasteiger partial charge in [0.2, 0.25) is 0 Å². The van der Waals surface area contributed by atoms with Gasteiger partial charge in [-0.3, -0.25) is 4.57 Å². The van der Waals surface area contributed by atoms with Crippen LogP contribution >= 0.6 is 0 Å². The Balaban J connectivity index is 2.08. The highest BCUT2D eigenvalue weighted by atomic mass is 32.2. The Hall–Kier alpha value is -3.96. The molecule has 0 fully saturated rings. The van der Waals surface area contributed by atoms with Crippen LogP contribution in [0, 0.1) is 0 Å². The molecule has 0 spiro atoms. The average Bonchev–Trinajstić information content (AvgIpc) is 3.37. The van der Waals surface area contributed by atoms with Gasteiger partial charge in [0.1, 0.15) is 5.69 Å². The molecule has 0 radical (unpaired) electrons. The monoisotopic (exact) mass is 539 g/mol. The van der Waals surface area contributed by atoms with Crippen LogP contribution in [0.2, 0.25) is 0 Å². The molecule has 200 valence electrons. The maximum absolute atomic E-state index is 13.5. The van der Waals surface area contributed by atoms with Crippen molar-refractivity contribution in [2.24, 2.45) is 7.05 Å². The minimum Gasteiger partial charge on any atom is -0.609 e. The Morgan fingerprint density at radius 1 is 0.974 bits per heavy atom. The molecule has 2 aromatic heterocycles. The predicted molar refractivity (Wildman–Crippen MR) is 143 cm³/mol.